The largest absolute Gasteiger partial charge is 0.496 e. The quantitative estimate of drug-likeness (QED) is 0.639. The molecule has 0 radical (unpaired) electrons. The van der Waals surface area contributed by atoms with Crippen molar-refractivity contribution in [1.29, 1.82) is 0 Å². The van der Waals surface area contributed by atoms with Crippen molar-refractivity contribution < 1.29 is 23.8 Å². The molecule has 1 aromatic heterocycles. The van der Waals surface area contributed by atoms with Crippen molar-refractivity contribution in [2.75, 3.05) is 25.6 Å². The van der Waals surface area contributed by atoms with Gasteiger partial charge in [0.15, 0.2) is 0 Å². The number of nitrogens with zero attached hydrogens (tertiary/aromatic N) is 3. The molecule has 2 aromatic rings. The van der Waals surface area contributed by atoms with E-state index in [1.54, 1.807) is 0 Å². The minimum Gasteiger partial charge on any atom is -0.496 e. The van der Waals surface area contributed by atoms with Crippen LogP contribution in [0.4, 0.5) is 10.2 Å². The highest BCUT2D eigenvalue weighted by molar-refractivity contribution is 6.47. The van der Waals surface area contributed by atoms with Gasteiger partial charge in [0.05, 0.1) is 43.7 Å². The summed E-state index contributed by atoms with van der Waals surface area (Å²) in [6.07, 6.45) is 1.33. The van der Waals surface area contributed by atoms with Crippen molar-refractivity contribution in [3.8, 4) is 5.75 Å². The molecule has 1 saturated heterocycles. The molecule has 0 spiro atoms. The minimum absolute atomic E-state index is 0.0692. The number of hydrogen-bond acceptors (Lipinski definition) is 8. The molecule has 0 saturated carbocycles. The van der Waals surface area contributed by atoms with Crippen LogP contribution >= 0.6 is 0 Å². The van der Waals surface area contributed by atoms with E-state index in [-0.39, 0.29) is 24.8 Å². The highest BCUT2D eigenvalue weighted by atomic mass is 19.1. The Balaban J connectivity index is 1.51. The number of hydrogen-bond donors (Lipinski definition) is 3. The van der Waals surface area contributed by atoms with Gasteiger partial charge in [-0.1, -0.05) is 0 Å². The standard InChI is InChI=1S/C20H22FN5O4/c1-29-16-3-2-12(21)6-11(16)7-23-20(28)18-17-13(8-22-18)24-10-25-19(17)26-14-9-30-5-4-15(14)27/h2-3,6,10,14-15,27H,4-5,7-9H2,1H3,(H,23,28)(H,24,25,26)/t14-,15-/m1/s1. The van der Waals surface area contributed by atoms with E-state index < -0.39 is 17.8 Å². The Hall–Kier alpha value is -3.11. The van der Waals surface area contributed by atoms with Gasteiger partial charge >= 0.3 is 0 Å². The van der Waals surface area contributed by atoms with Gasteiger partial charge in [0, 0.05) is 18.7 Å². The normalized spacial score (nSPS) is 20.3. The molecule has 0 bridgehead atoms. The third-order valence-electron chi connectivity index (χ3n) is 5.09. The number of rotatable bonds is 6. The van der Waals surface area contributed by atoms with E-state index in [0.29, 0.717) is 48.0 Å². The van der Waals surface area contributed by atoms with E-state index in [4.69, 9.17) is 9.47 Å². The summed E-state index contributed by atoms with van der Waals surface area (Å²) in [4.78, 5) is 25.6. The predicted molar refractivity (Wildman–Crippen MR) is 106 cm³/mol. The van der Waals surface area contributed by atoms with Crippen LogP contribution in [0.2, 0.25) is 0 Å². The molecule has 10 heteroatoms. The van der Waals surface area contributed by atoms with Crippen molar-refractivity contribution in [1.82, 2.24) is 15.3 Å². The molecule has 0 unspecified atom stereocenters. The first-order valence-electron chi connectivity index (χ1n) is 9.58. The molecule has 1 fully saturated rings. The summed E-state index contributed by atoms with van der Waals surface area (Å²) in [6.45, 7) is 1.15. The second-order valence-corrected chi connectivity index (χ2v) is 7.03. The number of fused-ring (bicyclic) bond motifs is 1. The number of aliphatic hydroxyl groups is 1. The maximum absolute atomic E-state index is 13.6. The van der Waals surface area contributed by atoms with Crippen LogP contribution in [0.5, 0.6) is 5.75 Å². The summed E-state index contributed by atoms with van der Waals surface area (Å²) in [5, 5.41) is 16.1. The highest BCUT2D eigenvalue weighted by Crippen LogP contribution is 2.25. The van der Waals surface area contributed by atoms with Gasteiger partial charge in [-0.3, -0.25) is 9.79 Å². The van der Waals surface area contributed by atoms with Crippen LogP contribution in [0.3, 0.4) is 0 Å². The van der Waals surface area contributed by atoms with Gasteiger partial charge in [-0.25, -0.2) is 14.4 Å². The number of amides is 1. The van der Waals surface area contributed by atoms with Crippen LogP contribution in [-0.4, -0.2) is 59.2 Å². The zero-order valence-corrected chi connectivity index (χ0v) is 16.4. The molecule has 158 valence electrons. The number of nitrogens with one attached hydrogen (secondary N) is 2. The van der Waals surface area contributed by atoms with Crippen LogP contribution < -0.4 is 15.4 Å². The van der Waals surface area contributed by atoms with E-state index in [2.05, 4.69) is 25.6 Å². The molecule has 1 aromatic carbocycles. The number of anilines is 1. The number of halogens is 1. The summed E-state index contributed by atoms with van der Waals surface area (Å²) in [5.41, 5.74) is 1.82. The molecule has 1 amide bonds. The maximum atomic E-state index is 13.6. The SMILES string of the molecule is COc1ccc(F)cc1CNC(=O)C1=NCc2ncnc(N[C@@H]3COCC[C@H]3O)c21. The Kier molecular flexibility index (Phi) is 5.86. The lowest BCUT2D eigenvalue weighted by Crippen LogP contribution is -2.43. The number of carbonyl (C=O) groups is 1. The van der Waals surface area contributed by atoms with Gasteiger partial charge in [0.2, 0.25) is 0 Å². The van der Waals surface area contributed by atoms with Crippen molar-refractivity contribution in [3.63, 3.8) is 0 Å². The Morgan fingerprint density at radius 1 is 1.40 bits per heavy atom. The summed E-state index contributed by atoms with van der Waals surface area (Å²) >= 11 is 0. The second-order valence-electron chi connectivity index (χ2n) is 7.03. The van der Waals surface area contributed by atoms with Crippen molar-refractivity contribution in [2.45, 2.75) is 31.7 Å². The third kappa shape index (κ3) is 4.10. The summed E-state index contributed by atoms with van der Waals surface area (Å²) in [7, 11) is 1.48. The van der Waals surface area contributed by atoms with E-state index in [1.807, 2.05) is 0 Å². The van der Waals surface area contributed by atoms with Crippen molar-refractivity contribution in [2.24, 2.45) is 4.99 Å². The number of benzene rings is 1. The molecule has 4 rings (SSSR count). The number of ether oxygens (including phenoxy) is 2. The van der Waals surface area contributed by atoms with Crippen molar-refractivity contribution >= 4 is 17.4 Å². The van der Waals surface area contributed by atoms with Crippen LogP contribution in [0.25, 0.3) is 0 Å². The lowest BCUT2D eigenvalue weighted by Gasteiger charge is -2.29. The molecule has 3 heterocycles. The number of methoxy groups -OCH3 is 1. The van der Waals surface area contributed by atoms with Gasteiger partial charge in [0.25, 0.3) is 5.91 Å². The number of aliphatic hydroxyl groups excluding tert-OH is 1. The molecule has 2 aliphatic rings. The van der Waals surface area contributed by atoms with Crippen LogP contribution in [-0.2, 0) is 22.6 Å². The third-order valence-corrected chi connectivity index (χ3v) is 5.09. The molecular formula is C20H22FN5O4. The molecule has 2 atom stereocenters. The first kappa shape index (κ1) is 20.2. The lowest BCUT2D eigenvalue weighted by atomic mass is 10.1. The Morgan fingerprint density at radius 3 is 3.07 bits per heavy atom. The lowest BCUT2D eigenvalue weighted by molar-refractivity contribution is -0.114. The van der Waals surface area contributed by atoms with Crippen molar-refractivity contribution in [3.05, 3.63) is 47.2 Å². The first-order valence-corrected chi connectivity index (χ1v) is 9.58. The van der Waals surface area contributed by atoms with Gasteiger partial charge in [-0.15, -0.1) is 0 Å². The number of aromatic nitrogens is 2. The van der Waals surface area contributed by atoms with E-state index in [1.165, 1.54) is 31.6 Å². The minimum atomic E-state index is -0.583. The maximum Gasteiger partial charge on any atom is 0.270 e. The molecule has 0 aliphatic carbocycles. The fourth-order valence-corrected chi connectivity index (χ4v) is 3.50. The van der Waals surface area contributed by atoms with Crippen LogP contribution in [0.15, 0.2) is 29.5 Å². The molecule has 30 heavy (non-hydrogen) atoms. The fourth-order valence-electron chi connectivity index (χ4n) is 3.50. The van der Waals surface area contributed by atoms with Gasteiger partial charge in [-0.05, 0) is 24.6 Å². The van der Waals surface area contributed by atoms with Crippen LogP contribution in [0, 0.1) is 5.82 Å². The Morgan fingerprint density at radius 2 is 2.27 bits per heavy atom. The average Bonchev–Trinajstić information content (AvgIpc) is 3.19. The first-order chi connectivity index (χ1) is 14.6. The molecule has 2 aliphatic heterocycles. The Bertz CT molecular complexity index is 984. The number of aliphatic imine (C=N–C) groups is 1. The van der Waals surface area contributed by atoms with Gasteiger partial charge < -0.3 is 25.2 Å². The predicted octanol–water partition coefficient (Wildman–Crippen LogP) is 0.805. The van der Waals surface area contributed by atoms with E-state index >= 15 is 0 Å². The average molecular weight is 415 g/mol. The summed E-state index contributed by atoms with van der Waals surface area (Å²) < 4.78 is 24.2. The summed E-state index contributed by atoms with van der Waals surface area (Å²) in [5.74, 6) is 0.0434. The van der Waals surface area contributed by atoms with E-state index in [9.17, 15) is 14.3 Å². The zero-order valence-electron chi connectivity index (χ0n) is 16.4. The van der Waals surface area contributed by atoms with Gasteiger partial charge in [0.1, 0.15) is 29.4 Å². The monoisotopic (exact) mass is 415 g/mol. The highest BCUT2D eigenvalue weighted by Gasteiger charge is 2.30. The number of carbonyl (C=O) groups excluding carboxylic acids is 1. The van der Waals surface area contributed by atoms with E-state index in [0.717, 1.165) is 0 Å². The molecule has 9 nitrogen and oxygen atoms in total. The molecular weight excluding hydrogens is 393 g/mol. The topological polar surface area (TPSA) is 118 Å². The van der Waals surface area contributed by atoms with Gasteiger partial charge in [-0.2, -0.15) is 0 Å². The Labute approximate surface area is 172 Å². The fraction of sp³-hybridized carbons (Fsp3) is 0.400. The zero-order chi connectivity index (χ0) is 21.1. The second kappa shape index (κ2) is 8.72. The smallest absolute Gasteiger partial charge is 0.270 e. The van der Waals surface area contributed by atoms with Crippen LogP contribution in [0.1, 0.15) is 23.2 Å². The molecule has 3 N–H and O–H groups in total. The summed E-state index contributed by atoms with van der Waals surface area (Å²) in [6, 6.07) is 3.76.